The van der Waals surface area contributed by atoms with Crippen LogP contribution in [0.3, 0.4) is 0 Å². The topological polar surface area (TPSA) is 60.9 Å². The quantitative estimate of drug-likeness (QED) is 0.685. The largest absolute Gasteiger partial charge is 0.322 e. The van der Waals surface area contributed by atoms with Crippen LogP contribution in [0.1, 0.15) is 30.8 Å². The minimum atomic E-state index is -2.95. The first-order valence-electron chi connectivity index (χ1n) is 7.46. The second-order valence-electron chi connectivity index (χ2n) is 5.70. The van der Waals surface area contributed by atoms with Crippen molar-refractivity contribution in [1.82, 2.24) is 9.55 Å². The summed E-state index contributed by atoms with van der Waals surface area (Å²) in [5, 5.41) is -0.714. The van der Waals surface area contributed by atoms with Crippen LogP contribution in [0.5, 0.6) is 0 Å². The summed E-state index contributed by atoms with van der Waals surface area (Å²) in [7, 11) is 0. The summed E-state index contributed by atoms with van der Waals surface area (Å²) in [6.07, 6.45) is -2.95. The van der Waals surface area contributed by atoms with E-state index in [2.05, 4.69) is 4.98 Å². The smallest absolute Gasteiger partial charge is 0.267 e. The Morgan fingerprint density at radius 1 is 1.19 bits per heavy atom. The van der Waals surface area contributed by atoms with Crippen LogP contribution in [0.2, 0.25) is 5.02 Å². The van der Waals surface area contributed by atoms with Crippen molar-refractivity contribution in [2.24, 2.45) is 5.73 Å². The molecule has 0 spiro atoms. The zero-order valence-corrected chi connectivity index (χ0v) is 14.1. The highest BCUT2D eigenvalue weighted by atomic mass is 35.5. The van der Waals surface area contributed by atoms with Gasteiger partial charge in [0.15, 0.2) is 0 Å². The summed E-state index contributed by atoms with van der Waals surface area (Å²) in [5.41, 5.74) is 4.28. The van der Waals surface area contributed by atoms with Crippen molar-refractivity contribution in [2.75, 3.05) is 0 Å². The standard InChI is InChI=1S/C17H12ClF4N3O/c1-7(23)16-24-12-3-2-11(20)14(18)13(12)17(26)25(16)10-5-8(15(21)22)4-9(19)6-10/h2-7,15H,23H2,1H3. The highest BCUT2D eigenvalue weighted by Crippen LogP contribution is 2.27. The van der Waals surface area contributed by atoms with Crippen molar-refractivity contribution in [1.29, 1.82) is 0 Å². The molecule has 1 heterocycles. The van der Waals surface area contributed by atoms with Gasteiger partial charge in [-0.25, -0.2) is 22.5 Å². The van der Waals surface area contributed by atoms with E-state index in [0.29, 0.717) is 6.07 Å². The molecule has 0 aliphatic carbocycles. The van der Waals surface area contributed by atoms with E-state index in [0.717, 1.165) is 22.8 Å². The van der Waals surface area contributed by atoms with Crippen molar-refractivity contribution >= 4 is 22.5 Å². The van der Waals surface area contributed by atoms with Gasteiger partial charge in [-0.05, 0) is 37.3 Å². The molecule has 4 nitrogen and oxygen atoms in total. The number of alkyl halides is 2. The molecule has 0 saturated heterocycles. The van der Waals surface area contributed by atoms with E-state index in [1.807, 2.05) is 0 Å². The molecule has 0 amide bonds. The zero-order chi connectivity index (χ0) is 19.2. The highest BCUT2D eigenvalue weighted by molar-refractivity contribution is 6.35. The van der Waals surface area contributed by atoms with E-state index in [-0.39, 0.29) is 22.4 Å². The number of benzene rings is 2. The molecule has 0 bridgehead atoms. The lowest BCUT2D eigenvalue weighted by molar-refractivity contribution is 0.151. The first-order chi connectivity index (χ1) is 12.2. The first kappa shape index (κ1) is 18.3. The van der Waals surface area contributed by atoms with Crippen LogP contribution in [0.15, 0.2) is 35.1 Å². The van der Waals surface area contributed by atoms with Gasteiger partial charge in [-0.15, -0.1) is 0 Å². The monoisotopic (exact) mass is 385 g/mol. The summed E-state index contributed by atoms with van der Waals surface area (Å²) in [6, 6.07) is 4.00. The Morgan fingerprint density at radius 3 is 2.50 bits per heavy atom. The van der Waals surface area contributed by atoms with Gasteiger partial charge in [-0.2, -0.15) is 0 Å². The summed E-state index contributed by atoms with van der Waals surface area (Å²) in [5.74, 6) is -1.81. The number of rotatable bonds is 3. The van der Waals surface area contributed by atoms with Crippen LogP contribution in [0.25, 0.3) is 16.6 Å². The number of nitrogens with zero attached hydrogens (tertiary/aromatic N) is 2. The van der Waals surface area contributed by atoms with E-state index in [1.54, 1.807) is 0 Å². The molecule has 1 aromatic heterocycles. The van der Waals surface area contributed by atoms with Crippen molar-refractivity contribution in [3.8, 4) is 5.69 Å². The lowest BCUT2D eigenvalue weighted by atomic mass is 10.1. The number of nitrogens with two attached hydrogens (primary N) is 1. The highest BCUT2D eigenvalue weighted by Gasteiger charge is 2.20. The van der Waals surface area contributed by atoms with Crippen molar-refractivity contribution in [3.63, 3.8) is 0 Å². The van der Waals surface area contributed by atoms with Gasteiger partial charge in [0, 0.05) is 5.56 Å². The van der Waals surface area contributed by atoms with Gasteiger partial charge < -0.3 is 5.73 Å². The van der Waals surface area contributed by atoms with Crippen LogP contribution in [0.4, 0.5) is 17.6 Å². The Morgan fingerprint density at radius 2 is 1.88 bits per heavy atom. The molecule has 136 valence electrons. The van der Waals surface area contributed by atoms with Gasteiger partial charge >= 0.3 is 0 Å². The predicted octanol–water partition coefficient (Wildman–Crippen LogP) is 4.27. The molecular formula is C17H12ClF4N3O. The average Bonchev–Trinajstić information content (AvgIpc) is 2.56. The molecular weight excluding hydrogens is 374 g/mol. The van der Waals surface area contributed by atoms with E-state index >= 15 is 0 Å². The van der Waals surface area contributed by atoms with Crippen LogP contribution in [-0.2, 0) is 0 Å². The molecule has 1 unspecified atom stereocenters. The Labute approximate surface area is 149 Å². The van der Waals surface area contributed by atoms with Crippen LogP contribution >= 0.6 is 11.6 Å². The van der Waals surface area contributed by atoms with E-state index < -0.39 is 40.2 Å². The molecule has 3 aromatic rings. The predicted molar refractivity (Wildman–Crippen MR) is 89.8 cm³/mol. The van der Waals surface area contributed by atoms with E-state index in [4.69, 9.17) is 17.3 Å². The van der Waals surface area contributed by atoms with Gasteiger partial charge in [-0.3, -0.25) is 9.36 Å². The molecule has 0 radical (unpaired) electrons. The van der Waals surface area contributed by atoms with Crippen LogP contribution in [-0.4, -0.2) is 9.55 Å². The normalized spacial score (nSPS) is 12.8. The lowest BCUT2D eigenvalue weighted by Crippen LogP contribution is -2.28. The molecule has 9 heteroatoms. The summed E-state index contributed by atoms with van der Waals surface area (Å²) in [6.45, 7) is 1.52. The summed E-state index contributed by atoms with van der Waals surface area (Å²) in [4.78, 5) is 17.1. The second-order valence-corrected chi connectivity index (χ2v) is 6.08. The van der Waals surface area contributed by atoms with Gasteiger partial charge in [0.05, 0.1) is 27.7 Å². The van der Waals surface area contributed by atoms with Crippen LogP contribution < -0.4 is 11.3 Å². The Kier molecular flexibility index (Phi) is 4.72. The third-order valence-electron chi connectivity index (χ3n) is 3.78. The molecule has 26 heavy (non-hydrogen) atoms. The maximum atomic E-state index is 13.8. The molecule has 0 saturated carbocycles. The molecule has 1 atom stereocenters. The Bertz CT molecular complexity index is 1070. The zero-order valence-electron chi connectivity index (χ0n) is 13.3. The Balaban J connectivity index is 2.45. The molecule has 2 N–H and O–H groups in total. The molecule has 0 fully saturated rings. The molecule has 2 aromatic carbocycles. The van der Waals surface area contributed by atoms with Gasteiger partial charge in [0.25, 0.3) is 12.0 Å². The van der Waals surface area contributed by atoms with E-state index in [1.165, 1.54) is 13.0 Å². The second kappa shape index (κ2) is 6.69. The number of hydrogen-bond donors (Lipinski definition) is 1. The van der Waals surface area contributed by atoms with Crippen molar-refractivity contribution in [3.05, 3.63) is 68.7 Å². The van der Waals surface area contributed by atoms with Gasteiger partial charge in [0.2, 0.25) is 0 Å². The number of fused-ring (bicyclic) bond motifs is 1. The number of hydrogen-bond acceptors (Lipinski definition) is 3. The third kappa shape index (κ3) is 3.06. The van der Waals surface area contributed by atoms with Crippen molar-refractivity contribution in [2.45, 2.75) is 19.4 Å². The molecule has 0 aliphatic heterocycles. The lowest BCUT2D eigenvalue weighted by Gasteiger charge is -2.17. The van der Waals surface area contributed by atoms with Gasteiger partial charge in [0.1, 0.15) is 17.5 Å². The van der Waals surface area contributed by atoms with Crippen molar-refractivity contribution < 1.29 is 17.6 Å². The fourth-order valence-corrected chi connectivity index (χ4v) is 2.87. The maximum Gasteiger partial charge on any atom is 0.267 e. The summed E-state index contributed by atoms with van der Waals surface area (Å²) < 4.78 is 54.5. The first-order valence-corrected chi connectivity index (χ1v) is 7.83. The SMILES string of the molecule is CC(N)c1nc2ccc(F)c(Cl)c2c(=O)n1-c1cc(F)cc(C(F)F)c1. The van der Waals surface area contributed by atoms with Gasteiger partial charge in [-0.1, -0.05) is 11.6 Å². The average molecular weight is 386 g/mol. The molecule has 0 aliphatic rings. The minimum Gasteiger partial charge on any atom is -0.322 e. The number of halogens is 5. The Hall–Kier alpha value is -2.45. The fraction of sp³-hybridized carbons (Fsp3) is 0.176. The van der Waals surface area contributed by atoms with E-state index in [9.17, 15) is 22.4 Å². The fourth-order valence-electron chi connectivity index (χ4n) is 2.63. The molecule has 3 rings (SSSR count). The third-order valence-corrected chi connectivity index (χ3v) is 4.15. The van der Waals surface area contributed by atoms with Crippen LogP contribution in [0, 0.1) is 11.6 Å². The summed E-state index contributed by atoms with van der Waals surface area (Å²) >= 11 is 5.88. The maximum absolute atomic E-state index is 13.8. The minimum absolute atomic E-state index is 0.00371. The number of aromatic nitrogens is 2.